The molecule has 20 heavy (non-hydrogen) atoms. The molecule has 0 aliphatic carbocycles. The van der Waals surface area contributed by atoms with Crippen molar-refractivity contribution in [3.05, 3.63) is 6.07 Å². The molecule has 0 unspecified atom stereocenters. The highest BCUT2D eigenvalue weighted by molar-refractivity contribution is 5.72. The summed E-state index contributed by atoms with van der Waals surface area (Å²) < 4.78 is 0. The molecule has 0 spiro atoms. The molecular formula is C12H21N7O. The molecule has 2 rings (SSSR count). The number of anilines is 3. The van der Waals surface area contributed by atoms with E-state index in [9.17, 15) is 4.79 Å². The Bertz CT molecular complexity index is 471. The second-order valence-corrected chi connectivity index (χ2v) is 4.98. The fourth-order valence-electron chi connectivity index (χ4n) is 2.34. The lowest BCUT2D eigenvalue weighted by Crippen LogP contribution is -2.38. The Morgan fingerprint density at radius 3 is 2.75 bits per heavy atom. The van der Waals surface area contributed by atoms with Crippen LogP contribution in [0.4, 0.5) is 17.6 Å². The molecule has 1 amide bonds. The van der Waals surface area contributed by atoms with Gasteiger partial charge in [0, 0.05) is 32.6 Å². The first kappa shape index (κ1) is 14.3. The molecule has 2 heterocycles. The van der Waals surface area contributed by atoms with E-state index in [-0.39, 0.29) is 11.9 Å². The van der Waals surface area contributed by atoms with Crippen LogP contribution in [0, 0.1) is 5.92 Å². The number of hydrogen-bond donors (Lipinski definition) is 4. The molecule has 1 aromatic heterocycles. The third-order valence-electron chi connectivity index (χ3n) is 3.46. The van der Waals surface area contributed by atoms with Gasteiger partial charge in [0.1, 0.15) is 11.6 Å². The zero-order valence-corrected chi connectivity index (χ0v) is 11.6. The molecule has 1 fully saturated rings. The predicted molar refractivity (Wildman–Crippen MR) is 77.9 cm³/mol. The molecule has 1 aliphatic rings. The Morgan fingerprint density at radius 1 is 1.45 bits per heavy atom. The number of nitrogens with two attached hydrogens (primary N) is 2. The van der Waals surface area contributed by atoms with Crippen molar-refractivity contribution in [2.75, 3.05) is 35.7 Å². The summed E-state index contributed by atoms with van der Waals surface area (Å²) in [5.74, 6) is 7.38. The van der Waals surface area contributed by atoms with Crippen LogP contribution in [-0.2, 0) is 4.79 Å². The van der Waals surface area contributed by atoms with E-state index in [0.29, 0.717) is 11.7 Å². The van der Waals surface area contributed by atoms with Crippen LogP contribution >= 0.6 is 0 Å². The van der Waals surface area contributed by atoms with Gasteiger partial charge in [-0.05, 0) is 18.8 Å². The molecule has 8 nitrogen and oxygen atoms in total. The van der Waals surface area contributed by atoms with Crippen molar-refractivity contribution in [2.24, 2.45) is 11.8 Å². The minimum absolute atomic E-state index is 0.0228. The Balaban J connectivity index is 1.93. The van der Waals surface area contributed by atoms with Gasteiger partial charge in [-0.1, -0.05) is 0 Å². The highest BCUT2D eigenvalue weighted by Gasteiger charge is 2.21. The largest absolute Gasteiger partial charge is 0.368 e. The molecule has 0 atom stereocenters. The van der Waals surface area contributed by atoms with E-state index in [1.54, 1.807) is 13.0 Å². The van der Waals surface area contributed by atoms with E-state index in [0.717, 1.165) is 38.3 Å². The maximum absolute atomic E-state index is 10.9. The molecule has 110 valence electrons. The van der Waals surface area contributed by atoms with Crippen molar-refractivity contribution in [1.29, 1.82) is 0 Å². The third-order valence-corrected chi connectivity index (χ3v) is 3.46. The summed E-state index contributed by atoms with van der Waals surface area (Å²) in [6.07, 6.45) is 2.02. The standard InChI is InChI=1S/C12H21N7O/c1-8(20)15-7-9-2-4-19(5-3-9)11-6-10(18-14)16-12(13)17-11/h6,9H,2-5,7,14H2,1H3,(H,15,20)(H3,13,16,17,18). The lowest BCUT2D eigenvalue weighted by molar-refractivity contribution is -0.119. The fourth-order valence-corrected chi connectivity index (χ4v) is 2.34. The molecule has 0 saturated carbocycles. The van der Waals surface area contributed by atoms with Crippen LogP contribution in [0.25, 0.3) is 0 Å². The number of amides is 1. The topological polar surface area (TPSA) is 122 Å². The van der Waals surface area contributed by atoms with Crippen LogP contribution < -0.4 is 27.2 Å². The van der Waals surface area contributed by atoms with Crippen LogP contribution in [0.15, 0.2) is 6.07 Å². The highest BCUT2D eigenvalue weighted by Crippen LogP contribution is 2.23. The summed E-state index contributed by atoms with van der Waals surface area (Å²) in [4.78, 5) is 21.3. The highest BCUT2D eigenvalue weighted by atomic mass is 16.1. The Labute approximate surface area is 117 Å². The fraction of sp³-hybridized carbons (Fsp3) is 0.583. The summed E-state index contributed by atoms with van der Waals surface area (Å²) in [5, 5.41) is 2.87. The average molecular weight is 279 g/mol. The SMILES string of the molecule is CC(=O)NCC1CCN(c2cc(NN)nc(N)n2)CC1. The molecule has 0 aromatic carbocycles. The lowest BCUT2D eigenvalue weighted by Gasteiger charge is -2.32. The molecule has 0 bridgehead atoms. The molecular weight excluding hydrogens is 258 g/mol. The van der Waals surface area contributed by atoms with Crippen molar-refractivity contribution in [3.8, 4) is 0 Å². The van der Waals surface area contributed by atoms with Gasteiger partial charge in [0.15, 0.2) is 0 Å². The summed E-state index contributed by atoms with van der Waals surface area (Å²) in [6.45, 7) is 4.04. The smallest absolute Gasteiger partial charge is 0.223 e. The maximum atomic E-state index is 10.9. The quantitative estimate of drug-likeness (QED) is 0.440. The van der Waals surface area contributed by atoms with Crippen LogP contribution in [0.2, 0.25) is 0 Å². The zero-order chi connectivity index (χ0) is 14.5. The second-order valence-electron chi connectivity index (χ2n) is 4.98. The second kappa shape index (κ2) is 6.38. The van der Waals surface area contributed by atoms with Crippen LogP contribution in [0.5, 0.6) is 0 Å². The lowest BCUT2D eigenvalue weighted by atomic mass is 9.97. The zero-order valence-electron chi connectivity index (χ0n) is 11.6. The number of nitrogens with zero attached hydrogens (tertiary/aromatic N) is 3. The number of carbonyl (C=O) groups excluding carboxylic acids is 1. The predicted octanol–water partition coefficient (Wildman–Crippen LogP) is -0.303. The van der Waals surface area contributed by atoms with Crippen molar-refractivity contribution < 1.29 is 4.79 Å². The molecule has 1 aromatic rings. The molecule has 6 N–H and O–H groups in total. The van der Waals surface area contributed by atoms with Gasteiger partial charge in [-0.25, -0.2) is 5.84 Å². The van der Waals surface area contributed by atoms with Gasteiger partial charge >= 0.3 is 0 Å². The van der Waals surface area contributed by atoms with E-state index in [1.165, 1.54) is 0 Å². The van der Waals surface area contributed by atoms with Crippen LogP contribution in [0.3, 0.4) is 0 Å². The number of nitrogens with one attached hydrogen (secondary N) is 2. The van der Waals surface area contributed by atoms with Gasteiger partial charge in [0.05, 0.1) is 0 Å². The summed E-state index contributed by atoms with van der Waals surface area (Å²) in [7, 11) is 0. The average Bonchev–Trinajstić information content (AvgIpc) is 2.45. The Kier molecular flexibility index (Phi) is 4.57. The van der Waals surface area contributed by atoms with Crippen molar-refractivity contribution >= 4 is 23.5 Å². The van der Waals surface area contributed by atoms with E-state index < -0.39 is 0 Å². The van der Waals surface area contributed by atoms with E-state index in [1.807, 2.05) is 0 Å². The van der Waals surface area contributed by atoms with E-state index in [2.05, 4.69) is 25.6 Å². The van der Waals surface area contributed by atoms with Gasteiger partial charge in [0.25, 0.3) is 0 Å². The molecule has 1 saturated heterocycles. The summed E-state index contributed by atoms with van der Waals surface area (Å²) >= 11 is 0. The van der Waals surface area contributed by atoms with Crippen molar-refractivity contribution in [1.82, 2.24) is 15.3 Å². The number of nitrogen functional groups attached to an aromatic ring is 2. The number of aromatic nitrogens is 2. The van der Waals surface area contributed by atoms with Gasteiger partial charge in [0.2, 0.25) is 11.9 Å². The molecule has 0 radical (unpaired) electrons. The number of hydrazine groups is 1. The van der Waals surface area contributed by atoms with E-state index in [4.69, 9.17) is 11.6 Å². The minimum atomic E-state index is 0.0228. The number of carbonyl (C=O) groups is 1. The monoisotopic (exact) mass is 279 g/mol. The van der Waals surface area contributed by atoms with E-state index >= 15 is 0 Å². The van der Waals surface area contributed by atoms with Crippen molar-refractivity contribution in [3.63, 3.8) is 0 Å². The minimum Gasteiger partial charge on any atom is -0.368 e. The van der Waals surface area contributed by atoms with Crippen LogP contribution in [0.1, 0.15) is 19.8 Å². The van der Waals surface area contributed by atoms with Gasteiger partial charge in [-0.3, -0.25) is 4.79 Å². The number of hydrogen-bond acceptors (Lipinski definition) is 7. The first-order valence-electron chi connectivity index (χ1n) is 6.69. The third kappa shape index (κ3) is 3.70. The number of rotatable bonds is 4. The molecule has 8 heteroatoms. The summed E-state index contributed by atoms with van der Waals surface area (Å²) in [5.41, 5.74) is 8.14. The first-order valence-corrected chi connectivity index (χ1v) is 6.69. The normalized spacial score (nSPS) is 16.0. The van der Waals surface area contributed by atoms with Gasteiger partial charge < -0.3 is 21.4 Å². The van der Waals surface area contributed by atoms with Gasteiger partial charge in [-0.15, -0.1) is 0 Å². The van der Waals surface area contributed by atoms with Crippen LogP contribution in [-0.4, -0.2) is 35.5 Å². The Morgan fingerprint density at radius 2 is 2.15 bits per heavy atom. The maximum Gasteiger partial charge on any atom is 0.223 e. The summed E-state index contributed by atoms with van der Waals surface area (Å²) in [6, 6.07) is 1.78. The molecule has 1 aliphatic heterocycles. The number of piperidine rings is 1. The van der Waals surface area contributed by atoms with Crippen molar-refractivity contribution in [2.45, 2.75) is 19.8 Å². The Hall–Kier alpha value is -2.09. The van der Waals surface area contributed by atoms with Gasteiger partial charge in [-0.2, -0.15) is 9.97 Å². The first-order chi connectivity index (χ1) is 9.58.